The number of hydrogen-bond acceptors (Lipinski definition) is 4. The molecule has 2 aromatic carbocycles. The van der Waals surface area contributed by atoms with Crippen LogP contribution in [0.4, 0.5) is 0 Å². The lowest BCUT2D eigenvalue weighted by atomic mass is 10.1. The van der Waals surface area contributed by atoms with Crippen LogP contribution in [0.1, 0.15) is 0 Å². The van der Waals surface area contributed by atoms with Crippen LogP contribution in [0.25, 0.3) is 20.2 Å². The molecule has 3 nitrogen and oxygen atoms in total. The first kappa shape index (κ1) is 10.1. The van der Waals surface area contributed by atoms with Crippen LogP contribution < -0.4 is 5.43 Å². The summed E-state index contributed by atoms with van der Waals surface area (Å²) in [5.41, 5.74) is -0.166. The monoisotopic (exact) mass is 244 g/mol. The van der Waals surface area contributed by atoms with Gasteiger partial charge in [-0.15, -0.1) is 11.3 Å². The highest BCUT2D eigenvalue weighted by molar-refractivity contribution is 7.25. The maximum Gasteiger partial charge on any atom is 0.196 e. The van der Waals surface area contributed by atoms with Crippen molar-refractivity contribution in [3.8, 4) is 11.5 Å². The Kier molecular flexibility index (Phi) is 2.06. The van der Waals surface area contributed by atoms with Gasteiger partial charge in [-0.1, -0.05) is 12.1 Å². The Morgan fingerprint density at radius 3 is 1.76 bits per heavy atom. The maximum atomic E-state index is 12.2. The Balaban J connectivity index is 2.68. The molecule has 0 saturated heterocycles. The van der Waals surface area contributed by atoms with Crippen LogP contribution in [0.15, 0.2) is 41.2 Å². The van der Waals surface area contributed by atoms with Gasteiger partial charge in [0, 0.05) is 10.8 Å². The molecule has 1 aromatic heterocycles. The van der Waals surface area contributed by atoms with E-state index in [-0.39, 0.29) is 16.9 Å². The molecule has 0 fully saturated rings. The summed E-state index contributed by atoms with van der Waals surface area (Å²) >= 11 is 1.22. The molecule has 2 N–H and O–H groups in total. The number of phenolic OH excluding ortho intramolecular Hbond substituents is 2. The van der Waals surface area contributed by atoms with E-state index in [4.69, 9.17) is 0 Å². The smallest absolute Gasteiger partial charge is 0.196 e. The summed E-state index contributed by atoms with van der Waals surface area (Å²) in [6, 6.07) is 9.70. The van der Waals surface area contributed by atoms with E-state index in [9.17, 15) is 15.0 Å². The largest absolute Gasteiger partial charge is 0.506 e. The SMILES string of the molecule is O=c1c2cccc(O)c2sc2c(O)cccc12. The van der Waals surface area contributed by atoms with Crippen molar-refractivity contribution in [1.29, 1.82) is 0 Å². The fourth-order valence-electron chi connectivity index (χ4n) is 1.87. The minimum Gasteiger partial charge on any atom is -0.506 e. The minimum atomic E-state index is -0.166. The Morgan fingerprint density at radius 1 is 0.824 bits per heavy atom. The molecule has 0 saturated carbocycles. The van der Waals surface area contributed by atoms with Crippen molar-refractivity contribution < 1.29 is 10.2 Å². The Labute approximate surface area is 100 Å². The van der Waals surface area contributed by atoms with Crippen LogP contribution in [0, 0.1) is 0 Å². The van der Waals surface area contributed by atoms with Crippen molar-refractivity contribution >= 4 is 31.5 Å². The molecule has 84 valence electrons. The van der Waals surface area contributed by atoms with Gasteiger partial charge in [-0.05, 0) is 24.3 Å². The van der Waals surface area contributed by atoms with Crippen LogP contribution in [0.5, 0.6) is 11.5 Å². The highest BCUT2D eigenvalue weighted by Crippen LogP contribution is 2.34. The highest BCUT2D eigenvalue weighted by Gasteiger charge is 2.10. The number of aromatic hydroxyl groups is 2. The van der Waals surface area contributed by atoms with Gasteiger partial charge in [-0.3, -0.25) is 4.79 Å². The van der Waals surface area contributed by atoms with E-state index in [1.165, 1.54) is 23.5 Å². The molecule has 0 radical (unpaired) electrons. The van der Waals surface area contributed by atoms with Crippen LogP contribution in [0.3, 0.4) is 0 Å². The number of phenols is 2. The topological polar surface area (TPSA) is 57.5 Å². The molecule has 0 aliphatic carbocycles. The van der Waals surface area contributed by atoms with Gasteiger partial charge in [0.2, 0.25) is 0 Å². The quantitative estimate of drug-likeness (QED) is 0.598. The Morgan fingerprint density at radius 2 is 1.29 bits per heavy atom. The van der Waals surface area contributed by atoms with E-state index in [2.05, 4.69) is 0 Å². The zero-order valence-corrected chi connectivity index (χ0v) is 9.49. The fraction of sp³-hybridized carbons (Fsp3) is 0. The summed E-state index contributed by atoms with van der Waals surface area (Å²) < 4.78 is 1.01. The zero-order valence-electron chi connectivity index (χ0n) is 8.68. The number of rotatable bonds is 0. The third-order valence-electron chi connectivity index (χ3n) is 2.68. The van der Waals surface area contributed by atoms with E-state index >= 15 is 0 Å². The molecule has 4 heteroatoms. The van der Waals surface area contributed by atoms with Crippen LogP contribution in [0.2, 0.25) is 0 Å². The molecule has 3 aromatic rings. The van der Waals surface area contributed by atoms with Gasteiger partial charge in [0.25, 0.3) is 0 Å². The summed E-state index contributed by atoms with van der Waals surface area (Å²) in [5, 5.41) is 20.4. The second kappa shape index (κ2) is 3.46. The van der Waals surface area contributed by atoms with Crippen LogP contribution in [-0.4, -0.2) is 10.2 Å². The second-order valence-corrected chi connectivity index (χ2v) is 4.76. The third kappa shape index (κ3) is 1.38. The van der Waals surface area contributed by atoms with Gasteiger partial charge >= 0.3 is 0 Å². The van der Waals surface area contributed by atoms with Crippen molar-refractivity contribution in [3.63, 3.8) is 0 Å². The molecule has 0 amide bonds. The van der Waals surface area contributed by atoms with Crippen molar-refractivity contribution in [1.82, 2.24) is 0 Å². The molecular formula is C13H8O3S. The minimum absolute atomic E-state index is 0.0646. The molecule has 3 rings (SSSR count). The number of fused-ring (bicyclic) bond motifs is 2. The summed E-state index contributed by atoms with van der Waals surface area (Å²) in [5.74, 6) is 0.129. The van der Waals surface area contributed by atoms with E-state index in [0.29, 0.717) is 20.2 Å². The lowest BCUT2D eigenvalue weighted by Crippen LogP contribution is -2.00. The molecule has 0 bridgehead atoms. The first-order valence-corrected chi connectivity index (χ1v) is 5.86. The predicted octanol–water partition coefficient (Wildman–Crippen LogP) is 2.83. The van der Waals surface area contributed by atoms with E-state index in [0.717, 1.165) is 0 Å². The van der Waals surface area contributed by atoms with Crippen molar-refractivity contribution in [2.45, 2.75) is 0 Å². The Hall–Kier alpha value is -2.07. The molecule has 0 spiro atoms. The molecule has 17 heavy (non-hydrogen) atoms. The highest BCUT2D eigenvalue weighted by atomic mass is 32.1. The molecule has 1 heterocycles. The van der Waals surface area contributed by atoms with E-state index < -0.39 is 0 Å². The standard InChI is InChI=1S/C13H8O3S/c14-9-5-1-3-7-11(16)8-4-2-6-10(15)13(8)17-12(7)9/h1-6,14-15H. The third-order valence-corrected chi connectivity index (χ3v) is 3.95. The van der Waals surface area contributed by atoms with Crippen LogP contribution >= 0.6 is 11.3 Å². The van der Waals surface area contributed by atoms with Gasteiger partial charge in [0.15, 0.2) is 5.43 Å². The average molecular weight is 244 g/mol. The normalized spacial score (nSPS) is 11.1. The lowest BCUT2D eigenvalue weighted by molar-refractivity contribution is 0.482. The molecule has 0 aliphatic heterocycles. The van der Waals surface area contributed by atoms with Crippen molar-refractivity contribution in [2.24, 2.45) is 0 Å². The number of hydrogen-bond donors (Lipinski definition) is 2. The summed E-state index contributed by atoms with van der Waals surface area (Å²) in [6.45, 7) is 0. The molecule has 0 atom stereocenters. The van der Waals surface area contributed by atoms with Gasteiger partial charge in [-0.25, -0.2) is 0 Å². The van der Waals surface area contributed by atoms with Gasteiger partial charge in [0.05, 0.1) is 9.40 Å². The first-order valence-electron chi connectivity index (χ1n) is 5.05. The maximum absolute atomic E-state index is 12.2. The first-order chi connectivity index (χ1) is 8.18. The predicted molar refractivity (Wildman–Crippen MR) is 68.9 cm³/mol. The van der Waals surface area contributed by atoms with Gasteiger partial charge in [0.1, 0.15) is 11.5 Å². The molecule has 0 aliphatic rings. The average Bonchev–Trinajstić information content (AvgIpc) is 2.32. The summed E-state index contributed by atoms with van der Waals surface area (Å²) in [6.07, 6.45) is 0. The molecular weight excluding hydrogens is 236 g/mol. The fourth-order valence-corrected chi connectivity index (χ4v) is 2.96. The lowest BCUT2D eigenvalue weighted by Gasteiger charge is -2.03. The molecule has 0 unspecified atom stereocenters. The zero-order chi connectivity index (χ0) is 12.0. The Bertz CT molecular complexity index is 727. The number of benzene rings is 2. The van der Waals surface area contributed by atoms with Crippen molar-refractivity contribution in [2.75, 3.05) is 0 Å². The van der Waals surface area contributed by atoms with Crippen molar-refractivity contribution in [3.05, 3.63) is 46.6 Å². The van der Waals surface area contributed by atoms with Crippen LogP contribution in [-0.2, 0) is 0 Å². The summed E-state index contributed by atoms with van der Waals surface area (Å²) in [4.78, 5) is 12.2. The van der Waals surface area contributed by atoms with Gasteiger partial charge < -0.3 is 10.2 Å². The van der Waals surface area contributed by atoms with Gasteiger partial charge in [-0.2, -0.15) is 0 Å². The second-order valence-electron chi connectivity index (χ2n) is 3.74. The summed E-state index contributed by atoms with van der Waals surface area (Å²) in [7, 11) is 0. The van der Waals surface area contributed by atoms with E-state index in [1.54, 1.807) is 24.3 Å². The van der Waals surface area contributed by atoms with E-state index in [1.807, 2.05) is 0 Å².